The fourth-order valence-corrected chi connectivity index (χ4v) is 0. The van der Waals surface area contributed by atoms with Crippen LogP contribution >= 0.6 is 0 Å². The molecule has 2 N–H and O–H groups in total. The fraction of sp³-hybridized carbons (Fsp3) is 0. The zero-order valence-electron chi connectivity index (χ0n) is 4.16. The Hall–Kier alpha value is -0.350. The van der Waals surface area contributed by atoms with Gasteiger partial charge in [0, 0.05) is 0 Å². The van der Waals surface area contributed by atoms with Crippen molar-refractivity contribution in [3.63, 3.8) is 0 Å². The molecule has 0 aliphatic heterocycles. The summed E-state index contributed by atoms with van der Waals surface area (Å²) in [5.74, 6) is 0. The van der Waals surface area contributed by atoms with Crippen molar-refractivity contribution in [1.29, 1.82) is 0 Å². The minimum Gasteiger partial charge on any atom is -0.284 e. The lowest BCUT2D eigenvalue weighted by molar-refractivity contribution is 0.454. The molecule has 0 bridgehead atoms. The van der Waals surface area contributed by atoms with E-state index in [4.69, 9.17) is 13.3 Å². The van der Waals surface area contributed by atoms with Crippen LogP contribution in [-0.4, -0.2) is 13.3 Å². The Bertz CT molecular complexity index is 36.0. The first kappa shape index (κ1) is 103. The summed E-state index contributed by atoms with van der Waals surface area (Å²) in [6.45, 7) is 0. The Morgan fingerprint density at radius 1 is 0.700 bits per heavy atom. The number of rotatable bonds is 0. The van der Waals surface area contributed by atoms with Crippen molar-refractivity contribution in [2.45, 2.75) is 0 Å². The van der Waals surface area contributed by atoms with Gasteiger partial charge in [-0.2, -0.15) is 4.21 Å². The number of hydrogen-bond acceptors (Lipinski definition) is 1. The molecular formula is H8F6O3S. The van der Waals surface area contributed by atoms with Gasteiger partial charge in [0.2, 0.25) is 0 Å². The van der Waals surface area contributed by atoms with Gasteiger partial charge in [-0.1, -0.05) is 0 Å². The van der Waals surface area contributed by atoms with Gasteiger partial charge in [0.25, 0.3) is 11.4 Å². The van der Waals surface area contributed by atoms with Crippen LogP contribution in [0.25, 0.3) is 0 Å². The summed E-state index contributed by atoms with van der Waals surface area (Å²) in [5, 5.41) is 0. The van der Waals surface area contributed by atoms with Crippen molar-refractivity contribution >= 4 is 11.4 Å². The van der Waals surface area contributed by atoms with Crippen molar-refractivity contribution in [2.75, 3.05) is 0 Å². The molecule has 0 saturated heterocycles. The third-order valence-corrected chi connectivity index (χ3v) is 0. The van der Waals surface area contributed by atoms with Gasteiger partial charge in [0.15, 0.2) is 0 Å². The molecule has 10 heavy (non-hydrogen) atoms. The second-order valence-electron chi connectivity index (χ2n) is 0.231. The van der Waals surface area contributed by atoms with Gasteiger partial charge in [-0.25, -0.2) is 0 Å². The summed E-state index contributed by atoms with van der Waals surface area (Å²) in [7, 11) is 0. The fourth-order valence-electron chi connectivity index (χ4n) is 0. The van der Waals surface area contributed by atoms with Crippen molar-refractivity contribution in [3.8, 4) is 0 Å². The van der Waals surface area contributed by atoms with Crippen molar-refractivity contribution in [3.05, 3.63) is 0 Å². The average molecular weight is 202 g/mol. The van der Waals surface area contributed by atoms with Gasteiger partial charge in [-0.15, -0.1) is 0 Å². The van der Waals surface area contributed by atoms with Crippen LogP contribution < -0.4 is 0 Å². The lowest BCUT2D eigenvalue weighted by atomic mass is 15.8. The van der Waals surface area contributed by atoms with E-state index in [9.17, 15) is 0 Å². The van der Waals surface area contributed by atoms with Crippen LogP contribution in [-0.2, 0) is 11.4 Å². The Balaban J connectivity index is -0.00000000300. The first-order valence-corrected chi connectivity index (χ1v) is 1.60. The van der Waals surface area contributed by atoms with E-state index >= 15 is 0 Å². The summed E-state index contributed by atoms with van der Waals surface area (Å²) in [5.41, 5.74) is 0. The largest absolute Gasteiger partial charge is 0.299 e. The van der Waals surface area contributed by atoms with Gasteiger partial charge < -0.3 is 0 Å². The van der Waals surface area contributed by atoms with Crippen molar-refractivity contribution in [2.24, 2.45) is 0 Å². The Morgan fingerprint density at radius 2 is 0.700 bits per heavy atom. The van der Waals surface area contributed by atoms with E-state index < -0.39 is 11.4 Å². The molecule has 0 amide bonds. The molecule has 74 valence electrons. The minimum atomic E-state index is -2.61. The maximum absolute atomic E-state index is 8.67. The second-order valence-corrected chi connectivity index (χ2v) is 0.692. The highest BCUT2D eigenvalue weighted by Crippen LogP contribution is 1.44. The maximum atomic E-state index is 8.67. The predicted octanol–water partition coefficient (Wildman–Crippen LogP) is 0.596. The summed E-state index contributed by atoms with van der Waals surface area (Å²) >= 11 is -2.61. The predicted molar refractivity (Wildman–Crippen MR) is 28.4 cm³/mol. The maximum Gasteiger partial charge on any atom is 0.299 e. The van der Waals surface area contributed by atoms with E-state index in [1.807, 2.05) is 0 Å². The highest BCUT2D eigenvalue weighted by molar-refractivity contribution is 7.73. The molecule has 0 spiro atoms. The quantitative estimate of drug-likeness (QED) is 0.446. The van der Waals surface area contributed by atoms with Crippen molar-refractivity contribution in [1.82, 2.24) is 0 Å². The molecule has 10 heteroatoms. The molecular weight excluding hydrogens is 194 g/mol. The van der Waals surface area contributed by atoms with Crippen LogP contribution in [0.5, 0.6) is 0 Å². The summed E-state index contributed by atoms with van der Waals surface area (Å²) < 4.78 is 22.8. The van der Waals surface area contributed by atoms with Crippen LogP contribution in [0.4, 0.5) is 28.2 Å². The molecule has 0 fully saturated rings. The monoisotopic (exact) mass is 202 g/mol. The van der Waals surface area contributed by atoms with Crippen LogP contribution in [0.2, 0.25) is 0 Å². The van der Waals surface area contributed by atoms with E-state index in [1.54, 1.807) is 0 Å². The van der Waals surface area contributed by atoms with Gasteiger partial charge in [-0.3, -0.25) is 37.3 Å². The van der Waals surface area contributed by atoms with E-state index in [2.05, 4.69) is 0 Å². The SMILES string of the molecule is F.F.F.F.F.F.O=S(O)O. The second kappa shape index (κ2) is 72.1. The normalized spacial score (nSPS) is 3.50. The summed E-state index contributed by atoms with van der Waals surface area (Å²) in [4.78, 5) is 0. The zero-order chi connectivity index (χ0) is 3.58. The molecule has 0 unspecified atom stereocenters. The Morgan fingerprint density at radius 3 is 0.700 bits per heavy atom. The molecule has 0 aliphatic rings. The smallest absolute Gasteiger partial charge is 0.284 e. The third-order valence-electron chi connectivity index (χ3n) is 0. The molecule has 0 saturated carbocycles. The molecule has 0 radical (unpaired) electrons. The first-order valence-electron chi connectivity index (χ1n) is 0.532. The van der Waals surface area contributed by atoms with Crippen LogP contribution in [0.3, 0.4) is 0 Å². The Kier molecular flexibility index (Phi) is 741. The van der Waals surface area contributed by atoms with Gasteiger partial charge >= 0.3 is 0 Å². The summed E-state index contributed by atoms with van der Waals surface area (Å²) in [6, 6.07) is 0. The zero-order valence-corrected chi connectivity index (χ0v) is 4.98. The van der Waals surface area contributed by atoms with E-state index in [-0.39, 0.29) is 28.2 Å². The lowest BCUT2D eigenvalue weighted by Gasteiger charge is -1.59. The lowest BCUT2D eigenvalue weighted by Crippen LogP contribution is -1.74. The molecule has 3 nitrogen and oxygen atoms in total. The summed E-state index contributed by atoms with van der Waals surface area (Å²) in [6.07, 6.45) is 0. The topological polar surface area (TPSA) is 57.5 Å². The van der Waals surface area contributed by atoms with E-state index in [1.165, 1.54) is 0 Å². The molecule has 0 aliphatic carbocycles. The van der Waals surface area contributed by atoms with E-state index in [0.29, 0.717) is 0 Å². The third kappa shape index (κ3) is 2760. The highest BCUT2D eigenvalue weighted by atomic mass is 32.2. The van der Waals surface area contributed by atoms with Gasteiger partial charge in [0.1, 0.15) is 0 Å². The number of hydrogen-bond donors (Lipinski definition) is 2. The van der Waals surface area contributed by atoms with Crippen LogP contribution in [0.1, 0.15) is 0 Å². The van der Waals surface area contributed by atoms with Crippen LogP contribution in [0.15, 0.2) is 0 Å². The van der Waals surface area contributed by atoms with Crippen LogP contribution in [0, 0.1) is 0 Å². The highest BCUT2D eigenvalue weighted by Gasteiger charge is 1.62. The van der Waals surface area contributed by atoms with Crippen molar-refractivity contribution < 1.29 is 41.5 Å². The molecule has 0 aromatic heterocycles. The van der Waals surface area contributed by atoms with Gasteiger partial charge in [-0.05, 0) is 0 Å². The number of halogens is 6. The van der Waals surface area contributed by atoms with E-state index in [0.717, 1.165) is 0 Å². The molecule has 0 heterocycles. The van der Waals surface area contributed by atoms with Gasteiger partial charge in [0.05, 0.1) is 0 Å². The minimum absolute atomic E-state index is 0. The first-order chi connectivity index (χ1) is 1.73. The molecule has 0 rings (SSSR count). The molecule has 0 aromatic rings. The average Bonchev–Trinajstić information content (AvgIpc) is 0.811. The Labute approximate surface area is 54.1 Å². The molecule has 0 aromatic carbocycles. The standard InChI is InChI=1S/6FH.H2O3S/c;;;;;;1-4(2)3/h6*1H;(H2,1,2,3). The molecule has 0 atom stereocenters.